The number of benzene rings is 1. The van der Waals surface area contributed by atoms with Crippen molar-refractivity contribution in [1.82, 2.24) is 35.0 Å². The van der Waals surface area contributed by atoms with Crippen molar-refractivity contribution in [2.75, 3.05) is 6.54 Å². The molecule has 162 valence electrons. The second-order valence-corrected chi connectivity index (χ2v) is 7.28. The summed E-state index contributed by atoms with van der Waals surface area (Å²) in [6.45, 7) is 0.390. The Morgan fingerprint density at radius 1 is 1.29 bits per heavy atom. The molecule has 3 N–H and O–H groups in total. The molecule has 0 radical (unpaired) electrons. The summed E-state index contributed by atoms with van der Waals surface area (Å²) >= 11 is 0. The fourth-order valence-corrected chi connectivity index (χ4v) is 3.56. The summed E-state index contributed by atoms with van der Waals surface area (Å²) in [6, 6.07) is 6.04. The van der Waals surface area contributed by atoms with Crippen LogP contribution in [0.5, 0.6) is 0 Å². The smallest absolute Gasteiger partial charge is 0.315 e. The van der Waals surface area contributed by atoms with Crippen LogP contribution < -0.4 is 27.5 Å². The maximum absolute atomic E-state index is 13.2. The SMILES string of the molecule is Cn1c(=O)c2c(ncn2CC(=O)N/N=C/C2CNNC2c2ccc(F)cc2)n(C)c1=O. The number of amides is 1. The maximum atomic E-state index is 13.2. The van der Waals surface area contributed by atoms with Crippen LogP contribution in [0.4, 0.5) is 4.39 Å². The van der Waals surface area contributed by atoms with Gasteiger partial charge in [-0.25, -0.2) is 25.0 Å². The zero-order chi connectivity index (χ0) is 22.1. The van der Waals surface area contributed by atoms with E-state index in [-0.39, 0.29) is 35.5 Å². The van der Waals surface area contributed by atoms with Crippen molar-refractivity contribution >= 4 is 23.3 Å². The van der Waals surface area contributed by atoms with E-state index in [2.05, 4.69) is 26.4 Å². The molecule has 0 bridgehead atoms. The standard InChI is InChI=1S/C19H21FN8O3/c1-26-17-16(18(30)27(2)19(26)31)28(10-21-17)9-14(29)24-22-7-12-8-23-25-15(12)11-3-5-13(20)6-4-11/h3-7,10,12,15,23,25H,8-9H2,1-2H3,(H,24,29)/b22-7+. The Hall–Kier alpha value is -3.64. The summed E-state index contributed by atoms with van der Waals surface area (Å²) in [6.07, 6.45) is 2.94. The Labute approximate surface area is 175 Å². The van der Waals surface area contributed by atoms with Crippen molar-refractivity contribution in [2.24, 2.45) is 25.1 Å². The molecule has 1 saturated heterocycles. The topological polar surface area (TPSA) is 127 Å². The van der Waals surface area contributed by atoms with Gasteiger partial charge in [-0.1, -0.05) is 12.1 Å². The minimum absolute atomic E-state index is 0.0679. The van der Waals surface area contributed by atoms with E-state index in [4.69, 9.17) is 0 Å². The van der Waals surface area contributed by atoms with Gasteiger partial charge in [0.25, 0.3) is 11.5 Å². The second kappa shape index (κ2) is 8.24. The lowest BCUT2D eigenvalue weighted by molar-refractivity contribution is -0.121. The third kappa shape index (κ3) is 3.90. The molecule has 1 amide bonds. The first-order valence-corrected chi connectivity index (χ1v) is 9.53. The molecule has 12 heteroatoms. The molecule has 0 aliphatic carbocycles. The molecule has 31 heavy (non-hydrogen) atoms. The fourth-order valence-electron chi connectivity index (χ4n) is 3.56. The van der Waals surface area contributed by atoms with E-state index >= 15 is 0 Å². The van der Waals surface area contributed by atoms with Gasteiger partial charge in [-0.05, 0) is 17.7 Å². The Morgan fingerprint density at radius 2 is 2.03 bits per heavy atom. The predicted molar refractivity (Wildman–Crippen MR) is 111 cm³/mol. The van der Waals surface area contributed by atoms with Gasteiger partial charge in [0.1, 0.15) is 12.4 Å². The summed E-state index contributed by atoms with van der Waals surface area (Å²) in [7, 11) is 2.88. The van der Waals surface area contributed by atoms with E-state index < -0.39 is 17.2 Å². The highest BCUT2D eigenvalue weighted by Gasteiger charge is 2.27. The number of carbonyl (C=O) groups is 1. The molecule has 1 aliphatic heterocycles. The zero-order valence-electron chi connectivity index (χ0n) is 16.9. The van der Waals surface area contributed by atoms with Gasteiger partial charge in [-0.15, -0.1) is 0 Å². The number of imidazole rings is 1. The van der Waals surface area contributed by atoms with Gasteiger partial charge in [0.15, 0.2) is 11.2 Å². The molecule has 4 rings (SSSR count). The van der Waals surface area contributed by atoms with E-state index in [0.29, 0.717) is 6.54 Å². The van der Waals surface area contributed by atoms with Crippen molar-refractivity contribution in [3.05, 3.63) is 62.8 Å². The molecule has 1 aliphatic rings. The van der Waals surface area contributed by atoms with Gasteiger partial charge in [-0.2, -0.15) is 5.10 Å². The molecule has 11 nitrogen and oxygen atoms in total. The van der Waals surface area contributed by atoms with Gasteiger partial charge in [-0.3, -0.25) is 24.1 Å². The molecule has 0 spiro atoms. The summed E-state index contributed by atoms with van der Waals surface area (Å²) in [5, 5.41) is 4.03. The fraction of sp³-hybridized carbons (Fsp3) is 0.316. The minimum Gasteiger partial charge on any atom is -0.315 e. The van der Waals surface area contributed by atoms with E-state index in [0.717, 1.165) is 10.1 Å². The van der Waals surface area contributed by atoms with Gasteiger partial charge < -0.3 is 4.57 Å². The van der Waals surface area contributed by atoms with Crippen LogP contribution in [0.3, 0.4) is 0 Å². The van der Waals surface area contributed by atoms with Crippen molar-refractivity contribution in [1.29, 1.82) is 0 Å². The van der Waals surface area contributed by atoms with Crippen LogP contribution in [0.2, 0.25) is 0 Å². The zero-order valence-corrected chi connectivity index (χ0v) is 16.9. The molecule has 2 aromatic heterocycles. The van der Waals surface area contributed by atoms with E-state index in [9.17, 15) is 18.8 Å². The van der Waals surface area contributed by atoms with E-state index in [1.807, 2.05) is 0 Å². The third-order valence-corrected chi connectivity index (χ3v) is 5.24. The molecule has 1 fully saturated rings. The van der Waals surface area contributed by atoms with Crippen LogP contribution in [-0.4, -0.2) is 37.4 Å². The van der Waals surface area contributed by atoms with E-state index in [1.165, 1.54) is 41.7 Å². The van der Waals surface area contributed by atoms with Crippen LogP contribution in [0, 0.1) is 11.7 Å². The van der Waals surface area contributed by atoms with Crippen molar-refractivity contribution in [2.45, 2.75) is 12.6 Å². The van der Waals surface area contributed by atoms with Crippen LogP contribution in [0.25, 0.3) is 11.2 Å². The first-order valence-electron chi connectivity index (χ1n) is 9.53. The van der Waals surface area contributed by atoms with Crippen LogP contribution in [0.15, 0.2) is 45.3 Å². The number of hydrazine groups is 1. The monoisotopic (exact) mass is 428 g/mol. The highest BCUT2D eigenvalue weighted by molar-refractivity contribution is 5.79. The number of hydrogen-bond donors (Lipinski definition) is 3. The number of aryl methyl sites for hydroxylation is 1. The molecule has 1 aromatic carbocycles. The lowest BCUT2D eigenvalue weighted by atomic mass is 9.96. The van der Waals surface area contributed by atoms with Gasteiger partial charge >= 0.3 is 5.69 Å². The number of nitrogens with zero attached hydrogens (tertiary/aromatic N) is 5. The first-order chi connectivity index (χ1) is 14.9. The molecule has 2 unspecified atom stereocenters. The van der Waals surface area contributed by atoms with Gasteiger partial charge in [0, 0.05) is 32.8 Å². The molecular formula is C19H21FN8O3. The Bertz CT molecular complexity index is 1270. The minimum atomic E-state index is -0.530. The first kappa shape index (κ1) is 20.6. The lowest BCUT2D eigenvalue weighted by Gasteiger charge is -2.15. The highest BCUT2D eigenvalue weighted by Crippen LogP contribution is 2.23. The van der Waals surface area contributed by atoms with Crippen molar-refractivity contribution < 1.29 is 9.18 Å². The number of hydrazone groups is 1. The normalized spacial score (nSPS) is 18.8. The summed E-state index contributed by atoms with van der Waals surface area (Å²) < 4.78 is 16.7. The Morgan fingerprint density at radius 3 is 2.77 bits per heavy atom. The number of nitrogens with one attached hydrogen (secondary N) is 3. The summed E-state index contributed by atoms with van der Waals surface area (Å²) in [4.78, 5) is 40.9. The average molecular weight is 428 g/mol. The Kier molecular flexibility index (Phi) is 5.48. The summed E-state index contributed by atoms with van der Waals surface area (Å²) in [5.41, 5.74) is 8.80. The molecule has 3 heterocycles. The van der Waals surface area contributed by atoms with Crippen LogP contribution in [-0.2, 0) is 25.4 Å². The van der Waals surface area contributed by atoms with Gasteiger partial charge in [0.05, 0.1) is 12.4 Å². The lowest BCUT2D eigenvalue weighted by Crippen LogP contribution is -2.38. The molecule has 0 saturated carbocycles. The Balaban J connectivity index is 1.45. The van der Waals surface area contributed by atoms with Crippen molar-refractivity contribution in [3.63, 3.8) is 0 Å². The maximum Gasteiger partial charge on any atom is 0.332 e. The number of hydrogen-bond acceptors (Lipinski definition) is 7. The number of fused-ring (bicyclic) bond motifs is 1. The molecular weight excluding hydrogens is 407 g/mol. The van der Waals surface area contributed by atoms with Crippen LogP contribution >= 0.6 is 0 Å². The average Bonchev–Trinajstić information content (AvgIpc) is 3.39. The number of aromatic nitrogens is 4. The molecule has 2 atom stereocenters. The number of halogens is 1. The second-order valence-electron chi connectivity index (χ2n) is 7.28. The van der Waals surface area contributed by atoms with Crippen molar-refractivity contribution in [3.8, 4) is 0 Å². The highest BCUT2D eigenvalue weighted by atomic mass is 19.1. The number of carbonyl (C=O) groups excluding carboxylic acids is 1. The quantitative estimate of drug-likeness (QED) is 0.359. The summed E-state index contributed by atoms with van der Waals surface area (Å²) in [5.74, 6) is -0.834. The largest absolute Gasteiger partial charge is 0.332 e. The number of rotatable bonds is 5. The van der Waals surface area contributed by atoms with Crippen LogP contribution in [0.1, 0.15) is 11.6 Å². The molecule has 3 aromatic rings. The van der Waals surface area contributed by atoms with E-state index in [1.54, 1.807) is 18.3 Å². The van der Waals surface area contributed by atoms with Gasteiger partial charge in [0.2, 0.25) is 0 Å². The predicted octanol–water partition coefficient (Wildman–Crippen LogP) is -0.860. The third-order valence-electron chi connectivity index (χ3n) is 5.24.